The first-order chi connectivity index (χ1) is 13.0. The van der Waals surface area contributed by atoms with E-state index in [4.69, 9.17) is 9.47 Å². The molecule has 0 heterocycles. The van der Waals surface area contributed by atoms with Crippen LogP contribution in [0.3, 0.4) is 0 Å². The van der Waals surface area contributed by atoms with Crippen molar-refractivity contribution < 1.29 is 28.7 Å². The van der Waals surface area contributed by atoms with E-state index in [-0.39, 0.29) is 49.6 Å². The van der Waals surface area contributed by atoms with E-state index >= 15 is 0 Å². The average molecular weight is 455 g/mol. The molecule has 0 spiro atoms. The molecule has 154 valence electrons. The Morgan fingerprint density at radius 1 is 1.00 bits per heavy atom. The van der Waals surface area contributed by atoms with Crippen LogP contribution in [0.2, 0.25) is 0 Å². The third-order valence-electron chi connectivity index (χ3n) is 3.56. The van der Waals surface area contributed by atoms with Crippen LogP contribution in [-0.4, -0.2) is 35.5 Å². The number of Topliss-reactive ketones (excluding diaryl/α,β-unsaturated/α-hetero) is 3. The standard InChI is InChI=1S/C21H27BrO6/c1-14(23)11-18(25)12-19(15-5-7-16(22)8-6-15)27-10-9-17(24)13-20(26)28-21(2,3)4/h5-8,19H,9-13H2,1-4H3/t19-/m0/s1. The summed E-state index contributed by atoms with van der Waals surface area (Å²) in [6.07, 6.45) is -0.940. The van der Waals surface area contributed by atoms with E-state index < -0.39 is 17.7 Å². The molecule has 0 N–H and O–H groups in total. The predicted molar refractivity (Wildman–Crippen MR) is 108 cm³/mol. The number of hydrogen-bond donors (Lipinski definition) is 0. The largest absolute Gasteiger partial charge is 0.460 e. The van der Waals surface area contributed by atoms with E-state index in [1.54, 1.807) is 20.8 Å². The fraction of sp³-hybridized carbons (Fsp3) is 0.524. The summed E-state index contributed by atoms with van der Waals surface area (Å²) in [6, 6.07) is 7.29. The van der Waals surface area contributed by atoms with Gasteiger partial charge in [-0.3, -0.25) is 19.2 Å². The third kappa shape index (κ3) is 10.5. The molecule has 28 heavy (non-hydrogen) atoms. The van der Waals surface area contributed by atoms with Crippen LogP contribution in [0.1, 0.15) is 65.0 Å². The highest BCUT2D eigenvalue weighted by atomic mass is 79.9. The van der Waals surface area contributed by atoms with Crippen LogP contribution in [0.4, 0.5) is 0 Å². The maximum atomic E-state index is 12.0. The molecular formula is C21H27BrO6. The minimum absolute atomic E-state index is 0.0349. The van der Waals surface area contributed by atoms with E-state index in [9.17, 15) is 19.2 Å². The number of benzene rings is 1. The minimum atomic E-state index is -0.641. The lowest BCUT2D eigenvalue weighted by atomic mass is 10.0. The van der Waals surface area contributed by atoms with E-state index in [1.165, 1.54) is 6.92 Å². The van der Waals surface area contributed by atoms with Crippen molar-refractivity contribution in [1.82, 2.24) is 0 Å². The Hall–Kier alpha value is -1.86. The molecule has 1 rings (SSSR count). The van der Waals surface area contributed by atoms with Gasteiger partial charge in [0, 0.05) is 17.3 Å². The molecule has 0 bridgehead atoms. The van der Waals surface area contributed by atoms with Gasteiger partial charge < -0.3 is 9.47 Å². The zero-order valence-electron chi connectivity index (χ0n) is 16.7. The fourth-order valence-electron chi connectivity index (χ4n) is 2.45. The molecule has 0 saturated heterocycles. The van der Waals surface area contributed by atoms with Crippen molar-refractivity contribution >= 4 is 39.2 Å². The lowest BCUT2D eigenvalue weighted by Crippen LogP contribution is -2.25. The molecule has 0 radical (unpaired) electrons. The molecule has 0 aromatic heterocycles. The first kappa shape index (κ1) is 24.2. The van der Waals surface area contributed by atoms with Gasteiger partial charge in [0.25, 0.3) is 0 Å². The number of esters is 1. The Morgan fingerprint density at radius 2 is 1.61 bits per heavy atom. The van der Waals surface area contributed by atoms with Crippen LogP contribution in [-0.2, 0) is 28.7 Å². The molecule has 1 aromatic rings. The summed E-state index contributed by atoms with van der Waals surface area (Å²) < 4.78 is 11.8. The lowest BCUT2D eigenvalue weighted by Gasteiger charge is -2.19. The summed E-state index contributed by atoms with van der Waals surface area (Å²) in [5.41, 5.74) is 0.136. The van der Waals surface area contributed by atoms with Crippen molar-refractivity contribution in [2.75, 3.05) is 6.61 Å². The summed E-state index contributed by atoms with van der Waals surface area (Å²) in [7, 11) is 0. The topological polar surface area (TPSA) is 86.7 Å². The van der Waals surface area contributed by atoms with Crippen LogP contribution in [0.5, 0.6) is 0 Å². The SMILES string of the molecule is CC(=O)CC(=O)C[C@H](OCCC(=O)CC(=O)OC(C)(C)C)c1ccc(Br)cc1. The Balaban J connectivity index is 2.62. The van der Waals surface area contributed by atoms with E-state index in [2.05, 4.69) is 15.9 Å². The zero-order chi connectivity index (χ0) is 21.3. The van der Waals surface area contributed by atoms with Crippen molar-refractivity contribution in [1.29, 1.82) is 0 Å². The number of carbonyl (C=O) groups excluding carboxylic acids is 4. The quantitative estimate of drug-likeness (QED) is 0.368. The van der Waals surface area contributed by atoms with Crippen LogP contribution < -0.4 is 0 Å². The molecule has 0 saturated carbocycles. The Bertz CT molecular complexity index is 703. The number of carbonyl (C=O) groups is 4. The molecule has 0 aliphatic carbocycles. The highest BCUT2D eigenvalue weighted by Crippen LogP contribution is 2.24. The first-order valence-corrected chi connectivity index (χ1v) is 9.87. The normalized spacial score (nSPS) is 12.3. The molecule has 0 fully saturated rings. The second-order valence-electron chi connectivity index (χ2n) is 7.58. The summed E-state index contributed by atoms with van der Waals surface area (Å²) >= 11 is 3.35. The molecule has 1 atom stereocenters. The van der Waals surface area contributed by atoms with Gasteiger partial charge in [0.1, 0.15) is 29.4 Å². The summed E-state index contributed by atoms with van der Waals surface area (Å²) in [5.74, 6) is -1.29. The molecule has 6 nitrogen and oxygen atoms in total. The van der Waals surface area contributed by atoms with Gasteiger partial charge in [-0.25, -0.2) is 0 Å². The lowest BCUT2D eigenvalue weighted by molar-refractivity contribution is -0.156. The molecule has 1 aromatic carbocycles. The molecule has 0 aliphatic heterocycles. The van der Waals surface area contributed by atoms with Crippen LogP contribution in [0.15, 0.2) is 28.7 Å². The number of ketones is 3. The fourth-order valence-corrected chi connectivity index (χ4v) is 2.71. The number of rotatable bonds is 11. The second kappa shape index (κ2) is 11.2. The maximum absolute atomic E-state index is 12.0. The smallest absolute Gasteiger partial charge is 0.313 e. The predicted octanol–water partition coefficient (Wildman–Crippen LogP) is 4.14. The van der Waals surface area contributed by atoms with Crippen molar-refractivity contribution in [2.24, 2.45) is 0 Å². The number of ether oxygens (including phenoxy) is 2. The summed E-state index contributed by atoms with van der Waals surface area (Å²) in [5, 5.41) is 0. The Kier molecular flexibility index (Phi) is 9.69. The van der Waals surface area contributed by atoms with Gasteiger partial charge in [0.2, 0.25) is 0 Å². The highest BCUT2D eigenvalue weighted by molar-refractivity contribution is 9.10. The van der Waals surface area contributed by atoms with Gasteiger partial charge in [-0.15, -0.1) is 0 Å². The van der Waals surface area contributed by atoms with Gasteiger partial charge in [0.15, 0.2) is 0 Å². The number of hydrogen-bond acceptors (Lipinski definition) is 6. The number of halogens is 1. The van der Waals surface area contributed by atoms with Crippen LogP contribution in [0, 0.1) is 0 Å². The van der Waals surface area contributed by atoms with Gasteiger partial charge in [0.05, 0.1) is 19.1 Å². The first-order valence-electron chi connectivity index (χ1n) is 9.08. The van der Waals surface area contributed by atoms with E-state index in [0.29, 0.717) is 0 Å². The Morgan fingerprint density at radius 3 is 2.14 bits per heavy atom. The van der Waals surface area contributed by atoms with Crippen molar-refractivity contribution in [2.45, 2.75) is 65.1 Å². The Labute approximate surface area is 174 Å². The van der Waals surface area contributed by atoms with Crippen LogP contribution in [0.25, 0.3) is 0 Å². The van der Waals surface area contributed by atoms with E-state index in [0.717, 1.165) is 10.0 Å². The molecule has 0 unspecified atom stereocenters. The molecule has 7 heteroatoms. The van der Waals surface area contributed by atoms with Crippen molar-refractivity contribution in [3.8, 4) is 0 Å². The minimum Gasteiger partial charge on any atom is -0.460 e. The summed E-state index contributed by atoms with van der Waals surface area (Å²) in [4.78, 5) is 46.9. The molecule has 0 aliphatic rings. The van der Waals surface area contributed by atoms with Crippen LogP contribution >= 0.6 is 15.9 Å². The monoisotopic (exact) mass is 454 g/mol. The second-order valence-corrected chi connectivity index (χ2v) is 8.50. The van der Waals surface area contributed by atoms with Gasteiger partial charge in [-0.2, -0.15) is 0 Å². The average Bonchev–Trinajstić information content (AvgIpc) is 2.52. The van der Waals surface area contributed by atoms with Gasteiger partial charge >= 0.3 is 5.97 Å². The van der Waals surface area contributed by atoms with Crippen molar-refractivity contribution in [3.63, 3.8) is 0 Å². The van der Waals surface area contributed by atoms with E-state index in [1.807, 2.05) is 24.3 Å². The van der Waals surface area contributed by atoms with Gasteiger partial charge in [-0.05, 0) is 45.4 Å². The van der Waals surface area contributed by atoms with Gasteiger partial charge in [-0.1, -0.05) is 28.1 Å². The third-order valence-corrected chi connectivity index (χ3v) is 4.09. The highest BCUT2D eigenvalue weighted by Gasteiger charge is 2.21. The zero-order valence-corrected chi connectivity index (χ0v) is 18.3. The summed E-state index contributed by atoms with van der Waals surface area (Å²) in [6.45, 7) is 6.64. The molecule has 0 amide bonds. The van der Waals surface area contributed by atoms with Crippen molar-refractivity contribution in [3.05, 3.63) is 34.3 Å². The maximum Gasteiger partial charge on any atom is 0.313 e. The molecular weight excluding hydrogens is 428 g/mol.